The van der Waals surface area contributed by atoms with Crippen LogP contribution in [0.4, 0.5) is 36.8 Å². The molecule has 1 aromatic rings. The summed E-state index contributed by atoms with van der Waals surface area (Å²) in [6.07, 6.45) is -13.3. The van der Waals surface area contributed by atoms with Gasteiger partial charge < -0.3 is 4.74 Å². The van der Waals surface area contributed by atoms with E-state index in [1.165, 1.54) is 13.0 Å². The first-order valence-corrected chi connectivity index (χ1v) is 7.04. The molecule has 0 N–H and O–H groups in total. The lowest BCUT2D eigenvalue weighted by molar-refractivity contribution is -0.141. The average Bonchev–Trinajstić information content (AvgIpc) is 2.70. The van der Waals surface area contributed by atoms with E-state index in [9.17, 15) is 31.1 Å². The summed E-state index contributed by atoms with van der Waals surface area (Å²) in [7, 11) is 0. The van der Waals surface area contributed by atoms with Gasteiger partial charge in [0.05, 0.1) is 35.3 Å². The Morgan fingerprint density at radius 2 is 1.84 bits per heavy atom. The Kier molecular flexibility index (Phi) is 4.63. The number of rotatable bonds is 2. The van der Waals surface area contributed by atoms with Gasteiger partial charge in [0.2, 0.25) is 0 Å². The highest BCUT2D eigenvalue weighted by Gasteiger charge is 2.47. The lowest BCUT2D eigenvalue weighted by atomic mass is 9.98. The summed E-state index contributed by atoms with van der Waals surface area (Å²) < 4.78 is 82.8. The van der Waals surface area contributed by atoms with Gasteiger partial charge in [-0.2, -0.15) is 31.6 Å². The molecular weight excluding hydrogens is 354 g/mol. The molecule has 1 aromatic carbocycles. The number of ether oxygens (including phenoxy) is 1. The second kappa shape index (κ2) is 6.13. The van der Waals surface area contributed by atoms with Crippen molar-refractivity contribution >= 4 is 11.8 Å². The maximum absolute atomic E-state index is 13.2. The van der Waals surface area contributed by atoms with Gasteiger partial charge in [0.15, 0.2) is 0 Å². The molecule has 0 spiro atoms. The minimum atomic E-state index is -4.90. The van der Waals surface area contributed by atoms with E-state index in [0.29, 0.717) is 4.90 Å². The normalized spacial score (nSPS) is 21.2. The van der Waals surface area contributed by atoms with Crippen LogP contribution in [0.1, 0.15) is 30.0 Å². The van der Waals surface area contributed by atoms with Gasteiger partial charge in [-0.25, -0.2) is 4.79 Å². The zero-order chi connectivity index (χ0) is 19.2. The number of amides is 1. The fourth-order valence-electron chi connectivity index (χ4n) is 2.83. The van der Waals surface area contributed by atoms with Crippen LogP contribution >= 0.6 is 0 Å². The molecule has 2 atom stereocenters. The van der Waals surface area contributed by atoms with E-state index in [-0.39, 0.29) is 5.69 Å². The first kappa shape index (κ1) is 18.9. The van der Waals surface area contributed by atoms with Crippen LogP contribution in [0.15, 0.2) is 12.1 Å². The highest BCUT2D eigenvalue weighted by molar-refractivity contribution is 5.92. The van der Waals surface area contributed by atoms with E-state index in [4.69, 9.17) is 10.00 Å². The SMILES string of the molecule is Cc1c(N2C(=O)OC(C)C2CC(F)(F)F)ccc(C#N)c1C(F)(F)F. The van der Waals surface area contributed by atoms with E-state index in [0.717, 1.165) is 19.1 Å². The Balaban J connectivity index is 2.60. The molecule has 1 saturated heterocycles. The van der Waals surface area contributed by atoms with Crippen molar-refractivity contribution in [3.8, 4) is 6.07 Å². The van der Waals surface area contributed by atoms with Crippen LogP contribution in [0.25, 0.3) is 0 Å². The number of hydrogen-bond acceptors (Lipinski definition) is 3. The molecule has 1 aliphatic rings. The lowest BCUT2D eigenvalue weighted by Crippen LogP contribution is -2.40. The molecule has 2 unspecified atom stereocenters. The van der Waals surface area contributed by atoms with Crippen molar-refractivity contribution in [1.82, 2.24) is 0 Å². The van der Waals surface area contributed by atoms with Gasteiger partial charge in [0.25, 0.3) is 0 Å². The van der Waals surface area contributed by atoms with Crippen LogP contribution in [0.3, 0.4) is 0 Å². The first-order chi connectivity index (χ1) is 11.4. The molecule has 1 heterocycles. The van der Waals surface area contributed by atoms with Crippen molar-refractivity contribution < 1.29 is 35.9 Å². The van der Waals surface area contributed by atoms with Gasteiger partial charge in [-0.1, -0.05) is 0 Å². The number of nitriles is 1. The minimum absolute atomic E-state index is 0.366. The summed E-state index contributed by atoms with van der Waals surface area (Å²) in [6.45, 7) is 2.23. The molecule has 2 rings (SSSR count). The minimum Gasteiger partial charge on any atom is -0.444 e. The number of carbonyl (C=O) groups is 1. The van der Waals surface area contributed by atoms with E-state index in [1.54, 1.807) is 0 Å². The van der Waals surface area contributed by atoms with E-state index in [1.807, 2.05) is 0 Å². The summed E-state index contributed by atoms with van der Waals surface area (Å²) in [6, 6.07) is 1.74. The van der Waals surface area contributed by atoms with Crippen molar-refractivity contribution in [2.75, 3.05) is 4.90 Å². The molecule has 136 valence electrons. The van der Waals surface area contributed by atoms with Gasteiger partial charge in [0.1, 0.15) is 6.10 Å². The van der Waals surface area contributed by atoms with Crippen LogP contribution in [0.2, 0.25) is 0 Å². The van der Waals surface area contributed by atoms with Crippen molar-refractivity contribution in [2.45, 2.75) is 44.8 Å². The lowest BCUT2D eigenvalue weighted by Gasteiger charge is -2.27. The van der Waals surface area contributed by atoms with Gasteiger partial charge in [0, 0.05) is 0 Å². The Morgan fingerprint density at radius 1 is 1.24 bits per heavy atom. The predicted molar refractivity (Wildman–Crippen MR) is 73.8 cm³/mol. The second-order valence-corrected chi connectivity index (χ2v) is 5.59. The van der Waals surface area contributed by atoms with Crippen molar-refractivity contribution in [2.24, 2.45) is 0 Å². The molecule has 1 fully saturated rings. The van der Waals surface area contributed by atoms with Gasteiger partial charge in [-0.05, 0) is 31.5 Å². The Hall–Kier alpha value is -2.44. The van der Waals surface area contributed by atoms with Crippen LogP contribution < -0.4 is 4.90 Å². The number of alkyl halides is 6. The van der Waals surface area contributed by atoms with Crippen molar-refractivity contribution in [1.29, 1.82) is 5.26 Å². The van der Waals surface area contributed by atoms with E-state index in [2.05, 4.69) is 0 Å². The molecule has 1 aliphatic heterocycles. The highest BCUT2D eigenvalue weighted by atomic mass is 19.4. The molecule has 0 bridgehead atoms. The number of carbonyl (C=O) groups excluding carboxylic acids is 1. The van der Waals surface area contributed by atoms with E-state index < -0.39 is 53.7 Å². The molecule has 0 radical (unpaired) electrons. The molecule has 0 aliphatic carbocycles. The number of cyclic esters (lactones) is 1. The number of hydrogen-bond donors (Lipinski definition) is 0. The number of anilines is 1. The third-order valence-corrected chi connectivity index (χ3v) is 3.90. The second-order valence-electron chi connectivity index (χ2n) is 5.59. The van der Waals surface area contributed by atoms with Crippen molar-refractivity contribution in [3.63, 3.8) is 0 Å². The summed E-state index contributed by atoms with van der Waals surface area (Å²) >= 11 is 0. The molecule has 10 heteroatoms. The highest BCUT2D eigenvalue weighted by Crippen LogP contribution is 2.41. The number of halogens is 6. The Labute approximate surface area is 138 Å². The molecular formula is C15H12F6N2O2. The maximum Gasteiger partial charge on any atom is 0.418 e. The summed E-state index contributed by atoms with van der Waals surface area (Å²) in [4.78, 5) is 12.5. The van der Waals surface area contributed by atoms with Crippen molar-refractivity contribution in [3.05, 3.63) is 28.8 Å². The van der Waals surface area contributed by atoms with Crippen LogP contribution in [-0.4, -0.2) is 24.4 Å². The smallest absolute Gasteiger partial charge is 0.418 e. The molecule has 4 nitrogen and oxygen atoms in total. The third kappa shape index (κ3) is 3.65. The third-order valence-electron chi connectivity index (χ3n) is 3.90. The number of benzene rings is 1. The van der Waals surface area contributed by atoms with Gasteiger partial charge >= 0.3 is 18.4 Å². The topological polar surface area (TPSA) is 53.3 Å². The van der Waals surface area contributed by atoms with Crippen LogP contribution in [0, 0.1) is 18.3 Å². The first-order valence-electron chi connectivity index (χ1n) is 7.04. The quantitative estimate of drug-likeness (QED) is 0.722. The largest absolute Gasteiger partial charge is 0.444 e. The molecule has 1 amide bonds. The monoisotopic (exact) mass is 366 g/mol. The molecule has 0 saturated carbocycles. The molecule has 0 aromatic heterocycles. The maximum atomic E-state index is 13.2. The zero-order valence-electron chi connectivity index (χ0n) is 13.0. The van der Waals surface area contributed by atoms with Gasteiger partial charge in [-0.15, -0.1) is 0 Å². The summed E-state index contributed by atoms with van der Waals surface area (Å²) in [5, 5.41) is 8.86. The zero-order valence-corrected chi connectivity index (χ0v) is 13.0. The fraction of sp³-hybridized carbons (Fsp3) is 0.467. The van der Waals surface area contributed by atoms with Gasteiger partial charge in [-0.3, -0.25) is 4.90 Å². The van der Waals surface area contributed by atoms with Crippen LogP contribution in [0.5, 0.6) is 0 Å². The van der Waals surface area contributed by atoms with E-state index >= 15 is 0 Å². The Morgan fingerprint density at radius 3 is 2.32 bits per heavy atom. The predicted octanol–water partition coefficient (Wildman–Crippen LogP) is 4.55. The average molecular weight is 366 g/mol. The summed E-state index contributed by atoms with van der Waals surface area (Å²) in [5.74, 6) is 0. The fourth-order valence-corrected chi connectivity index (χ4v) is 2.83. The molecule has 25 heavy (non-hydrogen) atoms. The number of nitrogens with zero attached hydrogens (tertiary/aromatic N) is 2. The Bertz CT molecular complexity index is 735. The standard InChI is InChI=1S/C15H12F6N2O2/c1-7-10(4-3-9(6-22)12(7)15(19,20)21)23-11(5-14(16,17)18)8(2)25-13(23)24/h3-4,8,11H,5H2,1-2H3. The van der Waals surface area contributed by atoms with Crippen LogP contribution in [-0.2, 0) is 10.9 Å². The summed E-state index contributed by atoms with van der Waals surface area (Å²) in [5.41, 5.74) is -2.84.